The lowest BCUT2D eigenvalue weighted by molar-refractivity contribution is 0.605. The Morgan fingerprint density at radius 2 is 1.89 bits per heavy atom. The van der Waals surface area contributed by atoms with E-state index in [0.717, 1.165) is 0 Å². The van der Waals surface area contributed by atoms with Crippen LogP contribution in [0.2, 0.25) is 5.02 Å². The molecule has 18 heavy (non-hydrogen) atoms. The molecule has 1 heterocycles. The Labute approximate surface area is 108 Å². The Balaban J connectivity index is 2.64. The molecule has 0 amide bonds. The third-order valence-corrected chi connectivity index (χ3v) is 2.74. The number of hydrogen-bond acceptors (Lipinski definition) is 3. The van der Waals surface area contributed by atoms with Crippen LogP contribution >= 0.6 is 11.6 Å². The second-order valence-electron chi connectivity index (χ2n) is 3.65. The number of benzene rings is 1. The summed E-state index contributed by atoms with van der Waals surface area (Å²) >= 11 is 5.69. The molecule has 1 aromatic carbocycles. The first-order valence-corrected chi connectivity index (χ1v) is 5.58. The minimum absolute atomic E-state index is 0.0240. The fraction of sp³-hybridized carbons (Fsp3) is 0.167. The van der Waals surface area contributed by atoms with Gasteiger partial charge < -0.3 is 5.32 Å². The van der Waals surface area contributed by atoms with Crippen molar-refractivity contribution in [2.24, 2.45) is 0 Å². The fourth-order valence-electron chi connectivity index (χ4n) is 1.52. The summed E-state index contributed by atoms with van der Waals surface area (Å²) in [5, 5.41) is 2.57. The van der Waals surface area contributed by atoms with Gasteiger partial charge in [-0.25, -0.2) is 18.7 Å². The van der Waals surface area contributed by atoms with E-state index in [9.17, 15) is 8.78 Å². The number of rotatable bonds is 2. The molecule has 0 aliphatic carbocycles. The zero-order valence-corrected chi connectivity index (χ0v) is 10.5. The first kappa shape index (κ1) is 12.7. The van der Waals surface area contributed by atoms with Gasteiger partial charge in [-0.2, -0.15) is 0 Å². The smallest absolute Gasteiger partial charge is 0.186 e. The average molecular weight is 270 g/mol. The molecule has 0 unspecified atom stereocenters. The summed E-state index contributed by atoms with van der Waals surface area (Å²) in [6, 6.07) is 4.50. The number of halogens is 3. The maximum absolute atomic E-state index is 13.8. The van der Waals surface area contributed by atoms with Gasteiger partial charge in [0, 0.05) is 7.05 Å². The van der Waals surface area contributed by atoms with Gasteiger partial charge in [-0.1, -0.05) is 17.7 Å². The van der Waals surface area contributed by atoms with Gasteiger partial charge in [0.2, 0.25) is 0 Å². The number of aryl methyl sites for hydroxylation is 1. The van der Waals surface area contributed by atoms with Crippen LogP contribution in [0, 0.1) is 18.6 Å². The maximum Gasteiger partial charge on any atom is 0.186 e. The van der Waals surface area contributed by atoms with Gasteiger partial charge in [0.25, 0.3) is 0 Å². The first-order chi connectivity index (χ1) is 8.54. The third-order valence-electron chi connectivity index (χ3n) is 2.45. The summed E-state index contributed by atoms with van der Waals surface area (Å²) < 4.78 is 27.4. The van der Waals surface area contributed by atoms with Crippen LogP contribution in [-0.2, 0) is 0 Å². The zero-order chi connectivity index (χ0) is 13.3. The molecule has 3 nitrogen and oxygen atoms in total. The molecule has 0 saturated carbocycles. The molecule has 0 fully saturated rings. The Morgan fingerprint density at radius 3 is 2.56 bits per heavy atom. The number of anilines is 1. The number of aromatic nitrogens is 2. The van der Waals surface area contributed by atoms with Gasteiger partial charge in [0.1, 0.15) is 0 Å². The van der Waals surface area contributed by atoms with Crippen LogP contribution in [0.25, 0.3) is 11.4 Å². The lowest BCUT2D eigenvalue weighted by Crippen LogP contribution is -2.04. The van der Waals surface area contributed by atoms with Gasteiger partial charge in [-0.05, 0) is 19.1 Å². The van der Waals surface area contributed by atoms with E-state index < -0.39 is 11.6 Å². The van der Waals surface area contributed by atoms with E-state index in [4.69, 9.17) is 11.6 Å². The van der Waals surface area contributed by atoms with Crippen molar-refractivity contribution in [2.75, 3.05) is 12.4 Å². The van der Waals surface area contributed by atoms with Crippen molar-refractivity contribution < 1.29 is 8.78 Å². The van der Waals surface area contributed by atoms with Crippen molar-refractivity contribution in [1.82, 2.24) is 9.97 Å². The zero-order valence-electron chi connectivity index (χ0n) is 9.76. The van der Waals surface area contributed by atoms with E-state index in [-0.39, 0.29) is 27.9 Å². The highest BCUT2D eigenvalue weighted by molar-refractivity contribution is 6.31. The standard InChI is InChI=1S/C12H10ClF2N3/c1-6-9(14)12(16-2)18-11(17-6)7-4-3-5-8(13)10(7)15/h3-5H,1-2H3,(H,16,17,18). The average Bonchev–Trinajstić information content (AvgIpc) is 2.36. The van der Waals surface area contributed by atoms with Crippen molar-refractivity contribution in [1.29, 1.82) is 0 Å². The minimum Gasteiger partial charge on any atom is -0.371 e. The van der Waals surface area contributed by atoms with E-state index >= 15 is 0 Å². The summed E-state index contributed by atoms with van der Waals surface area (Å²) in [6.45, 7) is 1.49. The van der Waals surface area contributed by atoms with Crippen LogP contribution in [0.4, 0.5) is 14.6 Å². The topological polar surface area (TPSA) is 37.8 Å². The molecule has 0 aliphatic rings. The molecule has 0 bridgehead atoms. The molecule has 0 radical (unpaired) electrons. The number of hydrogen-bond donors (Lipinski definition) is 1. The van der Waals surface area contributed by atoms with Gasteiger partial charge in [-0.3, -0.25) is 0 Å². The Bertz CT molecular complexity index is 602. The lowest BCUT2D eigenvalue weighted by atomic mass is 10.2. The largest absolute Gasteiger partial charge is 0.371 e. The van der Waals surface area contributed by atoms with Crippen LogP contribution in [0.1, 0.15) is 5.69 Å². The van der Waals surface area contributed by atoms with Gasteiger partial charge in [-0.15, -0.1) is 0 Å². The maximum atomic E-state index is 13.8. The molecule has 2 rings (SSSR count). The SMILES string of the molecule is CNc1nc(-c2cccc(Cl)c2F)nc(C)c1F. The lowest BCUT2D eigenvalue weighted by Gasteiger charge is -2.08. The van der Waals surface area contributed by atoms with Crippen molar-refractivity contribution in [3.8, 4) is 11.4 Å². The highest BCUT2D eigenvalue weighted by Crippen LogP contribution is 2.27. The highest BCUT2D eigenvalue weighted by atomic mass is 35.5. The Morgan fingerprint density at radius 1 is 1.17 bits per heavy atom. The Hall–Kier alpha value is -1.75. The molecular formula is C12H10ClF2N3. The van der Waals surface area contributed by atoms with E-state index in [1.54, 1.807) is 6.07 Å². The molecular weight excluding hydrogens is 260 g/mol. The van der Waals surface area contributed by atoms with Gasteiger partial charge in [0.15, 0.2) is 23.3 Å². The van der Waals surface area contributed by atoms with Gasteiger partial charge >= 0.3 is 0 Å². The fourth-order valence-corrected chi connectivity index (χ4v) is 1.70. The summed E-state index contributed by atoms with van der Waals surface area (Å²) in [5.74, 6) is -1.05. The number of nitrogens with zero attached hydrogens (tertiary/aromatic N) is 2. The quantitative estimate of drug-likeness (QED) is 0.908. The van der Waals surface area contributed by atoms with Crippen molar-refractivity contribution in [3.05, 3.63) is 40.6 Å². The molecule has 94 valence electrons. The highest BCUT2D eigenvalue weighted by Gasteiger charge is 2.15. The number of nitrogens with one attached hydrogen (secondary N) is 1. The minimum atomic E-state index is -0.618. The van der Waals surface area contributed by atoms with E-state index in [1.807, 2.05) is 0 Å². The second kappa shape index (κ2) is 4.86. The molecule has 6 heteroatoms. The first-order valence-electron chi connectivity index (χ1n) is 5.21. The normalized spacial score (nSPS) is 10.5. The molecule has 0 saturated heterocycles. The Kier molecular flexibility index (Phi) is 3.43. The summed E-state index contributed by atoms with van der Waals surface area (Å²) in [6.07, 6.45) is 0. The molecule has 2 aromatic rings. The van der Waals surface area contributed by atoms with Crippen LogP contribution in [-0.4, -0.2) is 17.0 Å². The van der Waals surface area contributed by atoms with E-state index in [1.165, 1.54) is 26.1 Å². The van der Waals surface area contributed by atoms with Gasteiger partial charge in [0.05, 0.1) is 16.3 Å². The summed E-state index contributed by atoms with van der Waals surface area (Å²) in [4.78, 5) is 7.86. The molecule has 0 atom stereocenters. The summed E-state index contributed by atoms with van der Waals surface area (Å²) in [7, 11) is 1.53. The van der Waals surface area contributed by atoms with Crippen molar-refractivity contribution >= 4 is 17.4 Å². The van der Waals surface area contributed by atoms with Crippen LogP contribution in [0.3, 0.4) is 0 Å². The van der Waals surface area contributed by atoms with Crippen LogP contribution in [0.5, 0.6) is 0 Å². The van der Waals surface area contributed by atoms with E-state index in [2.05, 4.69) is 15.3 Å². The molecule has 1 aromatic heterocycles. The van der Waals surface area contributed by atoms with Crippen LogP contribution < -0.4 is 5.32 Å². The van der Waals surface area contributed by atoms with Crippen molar-refractivity contribution in [3.63, 3.8) is 0 Å². The third kappa shape index (κ3) is 2.13. The van der Waals surface area contributed by atoms with E-state index in [0.29, 0.717) is 0 Å². The molecule has 0 aliphatic heterocycles. The van der Waals surface area contributed by atoms with Crippen LogP contribution in [0.15, 0.2) is 18.2 Å². The monoisotopic (exact) mass is 269 g/mol. The second-order valence-corrected chi connectivity index (χ2v) is 4.05. The molecule has 1 N–H and O–H groups in total. The predicted molar refractivity (Wildman–Crippen MR) is 66.7 cm³/mol. The molecule has 0 spiro atoms. The predicted octanol–water partition coefficient (Wildman–Crippen LogP) is 3.43. The van der Waals surface area contributed by atoms with Crippen molar-refractivity contribution in [2.45, 2.75) is 6.92 Å². The summed E-state index contributed by atoms with van der Waals surface area (Å²) in [5.41, 5.74) is 0.283.